The third-order valence-electron chi connectivity index (χ3n) is 3.89. The Morgan fingerprint density at radius 3 is 2.61 bits per heavy atom. The van der Waals surface area contributed by atoms with Crippen LogP contribution in [0.5, 0.6) is 0 Å². The van der Waals surface area contributed by atoms with E-state index in [1.54, 1.807) is 0 Å². The summed E-state index contributed by atoms with van der Waals surface area (Å²) in [5.74, 6) is 0.139. The van der Waals surface area contributed by atoms with Gasteiger partial charge in [-0.15, -0.1) is 0 Å². The summed E-state index contributed by atoms with van der Waals surface area (Å²) in [4.78, 5) is 12.1. The Bertz CT molecular complexity index is 447. The standard InChI is InChI=1S/C14H17ClN2O/c15-11-5-3-10(4-6-11)14(7-8-14)17-13(18)12-2-1-9-16-12/h3-6,12,16H,1-2,7-9H2,(H,17,18). The molecule has 4 heteroatoms. The maximum absolute atomic E-state index is 12.1. The van der Waals surface area contributed by atoms with Gasteiger partial charge < -0.3 is 10.6 Å². The molecule has 2 aliphatic rings. The minimum absolute atomic E-state index is 0.00484. The van der Waals surface area contributed by atoms with Crippen LogP contribution in [0.25, 0.3) is 0 Å². The minimum atomic E-state index is -0.133. The van der Waals surface area contributed by atoms with E-state index in [9.17, 15) is 4.79 Å². The van der Waals surface area contributed by atoms with Gasteiger partial charge in [0.2, 0.25) is 5.91 Å². The van der Waals surface area contributed by atoms with E-state index < -0.39 is 0 Å². The van der Waals surface area contributed by atoms with Crippen molar-refractivity contribution in [3.8, 4) is 0 Å². The molecule has 1 atom stereocenters. The average molecular weight is 265 g/mol. The highest BCUT2D eigenvalue weighted by Crippen LogP contribution is 2.45. The Labute approximate surface area is 112 Å². The van der Waals surface area contributed by atoms with Crippen molar-refractivity contribution in [1.29, 1.82) is 0 Å². The number of carbonyl (C=O) groups excluding carboxylic acids is 1. The molecule has 1 aromatic rings. The SMILES string of the molecule is O=C(NC1(c2ccc(Cl)cc2)CC1)C1CCCN1. The highest BCUT2D eigenvalue weighted by atomic mass is 35.5. The van der Waals surface area contributed by atoms with E-state index in [4.69, 9.17) is 11.6 Å². The van der Waals surface area contributed by atoms with E-state index in [1.165, 1.54) is 5.56 Å². The molecular formula is C14H17ClN2O. The lowest BCUT2D eigenvalue weighted by molar-refractivity contribution is -0.123. The molecule has 1 unspecified atom stereocenters. The number of nitrogens with one attached hydrogen (secondary N) is 2. The number of hydrogen-bond donors (Lipinski definition) is 2. The van der Waals surface area contributed by atoms with Crippen LogP contribution in [0.4, 0.5) is 0 Å². The van der Waals surface area contributed by atoms with Crippen molar-refractivity contribution in [2.75, 3.05) is 6.54 Å². The molecule has 3 rings (SSSR count). The summed E-state index contributed by atoms with van der Waals surface area (Å²) in [6.45, 7) is 0.950. The first-order valence-corrected chi connectivity index (χ1v) is 6.89. The fourth-order valence-corrected chi connectivity index (χ4v) is 2.74. The summed E-state index contributed by atoms with van der Waals surface area (Å²) in [5.41, 5.74) is 1.03. The van der Waals surface area contributed by atoms with Gasteiger partial charge in [0.05, 0.1) is 11.6 Å². The van der Waals surface area contributed by atoms with Gasteiger partial charge in [-0.1, -0.05) is 23.7 Å². The molecule has 2 N–H and O–H groups in total. The molecule has 1 heterocycles. The van der Waals surface area contributed by atoms with E-state index >= 15 is 0 Å². The van der Waals surface area contributed by atoms with Crippen LogP contribution in [-0.4, -0.2) is 18.5 Å². The molecule has 1 saturated heterocycles. The lowest BCUT2D eigenvalue weighted by Crippen LogP contribution is -2.45. The van der Waals surface area contributed by atoms with Crippen LogP contribution in [0, 0.1) is 0 Å². The predicted molar refractivity (Wildman–Crippen MR) is 71.5 cm³/mol. The van der Waals surface area contributed by atoms with Gasteiger partial charge in [0.25, 0.3) is 0 Å². The van der Waals surface area contributed by atoms with Crippen LogP contribution in [0.2, 0.25) is 5.02 Å². The van der Waals surface area contributed by atoms with Gasteiger partial charge in [-0.2, -0.15) is 0 Å². The zero-order chi connectivity index (χ0) is 12.6. The van der Waals surface area contributed by atoms with Crippen LogP contribution >= 0.6 is 11.6 Å². The molecular weight excluding hydrogens is 248 g/mol. The largest absolute Gasteiger partial charge is 0.345 e. The Hall–Kier alpha value is -1.06. The second kappa shape index (κ2) is 4.56. The van der Waals surface area contributed by atoms with Gasteiger partial charge in [0.1, 0.15) is 0 Å². The summed E-state index contributed by atoms with van der Waals surface area (Å²) in [5, 5.41) is 7.17. The first-order valence-electron chi connectivity index (χ1n) is 6.51. The summed E-state index contributed by atoms with van der Waals surface area (Å²) in [7, 11) is 0. The fourth-order valence-electron chi connectivity index (χ4n) is 2.61. The summed E-state index contributed by atoms with van der Waals surface area (Å²) in [6.07, 6.45) is 4.08. The summed E-state index contributed by atoms with van der Waals surface area (Å²) >= 11 is 5.89. The third kappa shape index (κ3) is 2.25. The molecule has 3 nitrogen and oxygen atoms in total. The Kier molecular flexibility index (Phi) is 3.04. The Morgan fingerprint density at radius 1 is 1.33 bits per heavy atom. The van der Waals surface area contributed by atoms with Crippen molar-refractivity contribution in [1.82, 2.24) is 10.6 Å². The molecule has 1 aliphatic heterocycles. The molecule has 0 spiro atoms. The van der Waals surface area contributed by atoms with Gasteiger partial charge in [-0.25, -0.2) is 0 Å². The molecule has 1 aromatic carbocycles. The molecule has 1 aliphatic carbocycles. The molecule has 96 valence electrons. The van der Waals surface area contributed by atoms with Crippen LogP contribution in [0.15, 0.2) is 24.3 Å². The molecule has 18 heavy (non-hydrogen) atoms. The monoisotopic (exact) mass is 264 g/mol. The van der Waals surface area contributed by atoms with Crippen molar-refractivity contribution < 1.29 is 4.79 Å². The predicted octanol–water partition coefficient (Wildman–Crippen LogP) is 2.20. The van der Waals surface area contributed by atoms with Gasteiger partial charge in [-0.05, 0) is 49.9 Å². The Morgan fingerprint density at radius 2 is 2.06 bits per heavy atom. The van der Waals surface area contributed by atoms with Crippen molar-refractivity contribution in [3.63, 3.8) is 0 Å². The molecule has 1 amide bonds. The molecule has 1 saturated carbocycles. The lowest BCUT2D eigenvalue weighted by Gasteiger charge is -2.20. The highest BCUT2D eigenvalue weighted by Gasteiger charge is 2.46. The second-order valence-electron chi connectivity index (χ2n) is 5.23. The zero-order valence-electron chi connectivity index (χ0n) is 10.2. The topological polar surface area (TPSA) is 41.1 Å². The van der Waals surface area contributed by atoms with E-state index in [0.29, 0.717) is 0 Å². The number of carbonyl (C=O) groups is 1. The number of hydrogen-bond acceptors (Lipinski definition) is 2. The molecule has 0 aromatic heterocycles. The molecule has 2 fully saturated rings. The van der Waals surface area contributed by atoms with Crippen LogP contribution in [0.1, 0.15) is 31.2 Å². The average Bonchev–Trinajstić information content (AvgIpc) is 2.94. The number of rotatable bonds is 3. The second-order valence-corrected chi connectivity index (χ2v) is 5.66. The normalized spacial score (nSPS) is 24.8. The fraction of sp³-hybridized carbons (Fsp3) is 0.500. The lowest BCUT2D eigenvalue weighted by atomic mass is 10.0. The molecule has 0 radical (unpaired) electrons. The van der Waals surface area contributed by atoms with E-state index in [2.05, 4.69) is 10.6 Å². The highest BCUT2D eigenvalue weighted by molar-refractivity contribution is 6.30. The first kappa shape index (κ1) is 12.0. The van der Waals surface area contributed by atoms with Crippen LogP contribution in [-0.2, 0) is 10.3 Å². The van der Waals surface area contributed by atoms with Crippen molar-refractivity contribution >= 4 is 17.5 Å². The van der Waals surface area contributed by atoms with Crippen molar-refractivity contribution in [2.24, 2.45) is 0 Å². The number of benzene rings is 1. The zero-order valence-corrected chi connectivity index (χ0v) is 11.0. The van der Waals surface area contributed by atoms with Crippen LogP contribution in [0.3, 0.4) is 0 Å². The van der Waals surface area contributed by atoms with Gasteiger partial charge in [-0.3, -0.25) is 4.79 Å². The van der Waals surface area contributed by atoms with E-state index in [-0.39, 0.29) is 17.5 Å². The van der Waals surface area contributed by atoms with Gasteiger partial charge in [0, 0.05) is 5.02 Å². The third-order valence-corrected chi connectivity index (χ3v) is 4.14. The van der Waals surface area contributed by atoms with Gasteiger partial charge in [0.15, 0.2) is 0 Å². The quantitative estimate of drug-likeness (QED) is 0.879. The Balaban J connectivity index is 1.71. The smallest absolute Gasteiger partial charge is 0.237 e. The maximum Gasteiger partial charge on any atom is 0.237 e. The summed E-state index contributed by atoms with van der Waals surface area (Å²) in [6, 6.07) is 7.79. The number of amides is 1. The van der Waals surface area contributed by atoms with Gasteiger partial charge >= 0.3 is 0 Å². The number of halogens is 1. The minimum Gasteiger partial charge on any atom is -0.345 e. The van der Waals surface area contributed by atoms with Crippen molar-refractivity contribution in [3.05, 3.63) is 34.9 Å². The molecule has 0 bridgehead atoms. The van der Waals surface area contributed by atoms with E-state index in [1.807, 2.05) is 24.3 Å². The maximum atomic E-state index is 12.1. The summed E-state index contributed by atoms with van der Waals surface area (Å²) < 4.78 is 0. The van der Waals surface area contributed by atoms with Crippen LogP contribution < -0.4 is 10.6 Å². The van der Waals surface area contributed by atoms with Crippen molar-refractivity contribution in [2.45, 2.75) is 37.3 Å². The van der Waals surface area contributed by atoms with E-state index in [0.717, 1.165) is 37.3 Å². The first-order chi connectivity index (χ1) is 8.70.